The maximum atomic E-state index is 9.80. The first kappa shape index (κ1) is 15.3. The standard InChI is InChI=1S/C18H21N5/c1-4-22-12-16(14(3)21-22)18(11-19)23-17(10-13(2)20-23)15-8-6-5-7-9-15/h5-9,12,17-18H,4,10H2,1-3H3/t17-,18+/m0/s1. The molecule has 23 heavy (non-hydrogen) atoms. The Labute approximate surface area is 136 Å². The summed E-state index contributed by atoms with van der Waals surface area (Å²) in [7, 11) is 0. The third kappa shape index (κ3) is 2.85. The van der Waals surface area contributed by atoms with Gasteiger partial charge < -0.3 is 0 Å². The Bertz CT molecular complexity index is 753. The number of benzene rings is 1. The highest BCUT2D eigenvalue weighted by atomic mass is 15.5. The van der Waals surface area contributed by atoms with Crippen molar-refractivity contribution < 1.29 is 0 Å². The second-order valence-electron chi connectivity index (χ2n) is 5.90. The topological polar surface area (TPSA) is 57.2 Å². The molecule has 1 aromatic heterocycles. The summed E-state index contributed by atoms with van der Waals surface area (Å²) in [6.07, 6.45) is 2.82. The molecule has 0 unspecified atom stereocenters. The number of hydrogen-bond donors (Lipinski definition) is 0. The van der Waals surface area contributed by atoms with Gasteiger partial charge in [0.25, 0.3) is 0 Å². The SMILES string of the molecule is CCn1cc([C@@H](C#N)N2N=C(C)C[C@H]2c2ccccc2)c(C)n1. The van der Waals surface area contributed by atoms with E-state index in [-0.39, 0.29) is 6.04 Å². The van der Waals surface area contributed by atoms with Gasteiger partial charge in [0.1, 0.15) is 0 Å². The van der Waals surface area contributed by atoms with Crippen LogP contribution in [0.3, 0.4) is 0 Å². The number of aromatic nitrogens is 2. The molecule has 0 amide bonds. The minimum absolute atomic E-state index is 0.102. The van der Waals surface area contributed by atoms with E-state index in [2.05, 4.69) is 28.4 Å². The van der Waals surface area contributed by atoms with Crippen LogP contribution in [0.25, 0.3) is 0 Å². The molecule has 1 aliphatic rings. The zero-order valence-corrected chi connectivity index (χ0v) is 13.8. The van der Waals surface area contributed by atoms with Crippen LogP contribution < -0.4 is 0 Å². The lowest BCUT2D eigenvalue weighted by atomic mass is 10.00. The number of rotatable bonds is 4. The third-order valence-electron chi connectivity index (χ3n) is 4.27. The molecule has 0 bridgehead atoms. The molecule has 0 aliphatic carbocycles. The Morgan fingerprint density at radius 1 is 1.30 bits per heavy atom. The number of hydrogen-bond acceptors (Lipinski definition) is 4. The van der Waals surface area contributed by atoms with Gasteiger partial charge in [0, 0.05) is 30.4 Å². The van der Waals surface area contributed by atoms with Crippen LogP contribution in [0.4, 0.5) is 0 Å². The van der Waals surface area contributed by atoms with E-state index in [1.165, 1.54) is 5.56 Å². The van der Waals surface area contributed by atoms with Crippen molar-refractivity contribution >= 4 is 5.71 Å². The number of nitriles is 1. The Morgan fingerprint density at radius 2 is 2.04 bits per heavy atom. The zero-order valence-electron chi connectivity index (χ0n) is 13.8. The zero-order chi connectivity index (χ0) is 16.4. The van der Waals surface area contributed by atoms with E-state index < -0.39 is 6.04 Å². The maximum absolute atomic E-state index is 9.80. The number of nitrogens with zero attached hydrogens (tertiary/aromatic N) is 5. The molecular formula is C18H21N5. The Balaban J connectivity index is 1.98. The normalized spacial score (nSPS) is 18.6. The van der Waals surface area contributed by atoms with Gasteiger partial charge in [0.05, 0.1) is 17.8 Å². The first-order valence-electron chi connectivity index (χ1n) is 7.95. The van der Waals surface area contributed by atoms with E-state index >= 15 is 0 Å². The molecule has 5 heteroatoms. The summed E-state index contributed by atoms with van der Waals surface area (Å²) in [6, 6.07) is 12.4. The predicted octanol–water partition coefficient (Wildman–Crippen LogP) is 3.60. The minimum atomic E-state index is -0.419. The fourth-order valence-corrected chi connectivity index (χ4v) is 3.10. The smallest absolute Gasteiger partial charge is 0.162 e. The highest BCUT2D eigenvalue weighted by Crippen LogP contribution is 2.38. The van der Waals surface area contributed by atoms with Crippen molar-refractivity contribution in [2.75, 3.05) is 0 Å². The molecule has 0 radical (unpaired) electrons. The summed E-state index contributed by atoms with van der Waals surface area (Å²) in [4.78, 5) is 0. The van der Waals surface area contributed by atoms with Crippen LogP contribution in [0.2, 0.25) is 0 Å². The molecule has 3 rings (SSSR count). The van der Waals surface area contributed by atoms with E-state index in [1.807, 2.05) is 54.9 Å². The van der Waals surface area contributed by atoms with Gasteiger partial charge in [-0.2, -0.15) is 15.5 Å². The van der Waals surface area contributed by atoms with Crippen LogP contribution in [-0.4, -0.2) is 20.5 Å². The van der Waals surface area contributed by atoms with Crippen molar-refractivity contribution in [3.8, 4) is 6.07 Å². The lowest BCUT2D eigenvalue weighted by Crippen LogP contribution is -2.24. The van der Waals surface area contributed by atoms with Gasteiger partial charge in [-0.25, -0.2) is 0 Å². The fraction of sp³-hybridized carbons (Fsp3) is 0.389. The van der Waals surface area contributed by atoms with E-state index in [9.17, 15) is 5.26 Å². The molecule has 0 N–H and O–H groups in total. The average Bonchev–Trinajstić information content (AvgIpc) is 3.13. The minimum Gasteiger partial charge on any atom is -0.272 e. The maximum Gasteiger partial charge on any atom is 0.162 e. The van der Waals surface area contributed by atoms with Gasteiger partial charge >= 0.3 is 0 Å². The summed E-state index contributed by atoms with van der Waals surface area (Å²) >= 11 is 0. The van der Waals surface area contributed by atoms with Crippen molar-refractivity contribution in [1.29, 1.82) is 5.26 Å². The fourth-order valence-electron chi connectivity index (χ4n) is 3.10. The molecule has 0 saturated carbocycles. The molecular weight excluding hydrogens is 286 g/mol. The molecule has 2 aromatic rings. The van der Waals surface area contributed by atoms with Crippen molar-refractivity contribution in [1.82, 2.24) is 14.8 Å². The molecule has 1 aliphatic heterocycles. The summed E-state index contributed by atoms with van der Waals surface area (Å²) in [5.74, 6) is 0. The highest BCUT2D eigenvalue weighted by molar-refractivity contribution is 5.84. The van der Waals surface area contributed by atoms with Crippen LogP contribution in [0.5, 0.6) is 0 Å². The van der Waals surface area contributed by atoms with Gasteiger partial charge in [-0.3, -0.25) is 9.69 Å². The van der Waals surface area contributed by atoms with Crippen LogP contribution >= 0.6 is 0 Å². The molecule has 0 spiro atoms. The van der Waals surface area contributed by atoms with Crippen LogP contribution in [0, 0.1) is 18.3 Å². The van der Waals surface area contributed by atoms with Gasteiger partial charge in [-0.15, -0.1) is 0 Å². The first-order chi connectivity index (χ1) is 11.1. The van der Waals surface area contributed by atoms with Crippen molar-refractivity contribution in [2.45, 2.75) is 45.8 Å². The molecule has 2 atom stereocenters. The molecule has 2 heterocycles. The second kappa shape index (κ2) is 6.25. The molecule has 118 valence electrons. The Morgan fingerprint density at radius 3 is 2.65 bits per heavy atom. The quantitative estimate of drug-likeness (QED) is 0.867. The van der Waals surface area contributed by atoms with Crippen LogP contribution in [0.1, 0.15) is 49.2 Å². The monoisotopic (exact) mass is 307 g/mol. The molecule has 1 aromatic carbocycles. The molecule has 5 nitrogen and oxygen atoms in total. The third-order valence-corrected chi connectivity index (χ3v) is 4.27. The Hall–Kier alpha value is -2.61. The predicted molar refractivity (Wildman–Crippen MR) is 89.7 cm³/mol. The van der Waals surface area contributed by atoms with Crippen molar-refractivity contribution in [3.05, 3.63) is 53.3 Å². The van der Waals surface area contributed by atoms with E-state index in [4.69, 9.17) is 0 Å². The van der Waals surface area contributed by atoms with E-state index in [0.29, 0.717) is 0 Å². The van der Waals surface area contributed by atoms with Crippen LogP contribution in [0.15, 0.2) is 41.6 Å². The summed E-state index contributed by atoms with van der Waals surface area (Å²) in [6.45, 7) is 6.81. The number of hydrazone groups is 1. The van der Waals surface area contributed by atoms with Crippen molar-refractivity contribution in [3.63, 3.8) is 0 Å². The van der Waals surface area contributed by atoms with E-state index in [1.54, 1.807) is 0 Å². The lowest BCUT2D eigenvalue weighted by molar-refractivity contribution is 0.196. The molecule has 0 fully saturated rings. The van der Waals surface area contributed by atoms with Crippen molar-refractivity contribution in [2.24, 2.45) is 5.10 Å². The van der Waals surface area contributed by atoms with Gasteiger partial charge in [-0.05, 0) is 26.3 Å². The van der Waals surface area contributed by atoms with E-state index in [0.717, 1.165) is 29.9 Å². The second-order valence-corrected chi connectivity index (χ2v) is 5.90. The summed E-state index contributed by atoms with van der Waals surface area (Å²) in [5.41, 5.74) is 4.08. The Kier molecular flexibility index (Phi) is 4.16. The lowest BCUT2D eigenvalue weighted by Gasteiger charge is -2.28. The summed E-state index contributed by atoms with van der Waals surface area (Å²) < 4.78 is 1.87. The number of aryl methyl sites for hydroxylation is 2. The average molecular weight is 307 g/mol. The largest absolute Gasteiger partial charge is 0.272 e. The van der Waals surface area contributed by atoms with Gasteiger partial charge in [-0.1, -0.05) is 30.3 Å². The van der Waals surface area contributed by atoms with Crippen LogP contribution in [-0.2, 0) is 6.54 Å². The van der Waals surface area contributed by atoms with Gasteiger partial charge in [0.2, 0.25) is 0 Å². The molecule has 0 saturated heterocycles. The summed E-state index contributed by atoms with van der Waals surface area (Å²) in [5, 5.41) is 20.9. The van der Waals surface area contributed by atoms with Gasteiger partial charge in [0.15, 0.2) is 6.04 Å². The highest BCUT2D eigenvalue weighted by Gasteiger charge is 2.34. The first-order valence-corrected chi connectivity index (χ1v) is 7.95.